The van der Waals surface area contributed by atoms with Gasteiger partial charge in [-0.15, -0.1) is 0 Å². The molecule has 6 atom stereocenters. The van der Waals surface area contributed by atoms with Crippen molar-refractivity contribution < 1.29 is 29.0 Å². The van der Waals surface area contributed by atoms with E-state index >= 15 is 0 Å². The fourth-order valence-corrected chi connectivity index (χ4v) is 6.16. The molecule has 9 nitrogen and oxygen atoms in total. The van der Waals surface area contributed by atoms with Crippen LogP contribution < -0.4 is 9.64 Å². The number of carbonyl (C=O) groups is 3. The molecule has 0 aliphatic carbocycles. The first kappa shape index (κ1) is 24.5. The molecule has 9 heteroatoms. The van der Waals surface area contributed by atoms with Crippen LogP contribution in [0, 0.1) is 11.8 Å². The minimum absolute atomic E-state index is 0.128. The summed E-state index contributed by atoms with van der Waals surface area (Å²) >= 11 is 0. The van der Waals surface area contributed by atoms with Crippen molar-refractivity contribution in [2.75, 3.05) is 38.3 Å². The van der Waals surface area contributed by atoms with Gasteiger partial charge in [0.15, 0.2) is 0 Å². The molecule has 1 aromatic carbocycles. The topological polar surface area (TPSA) is 99.6 Å². The molecular weight excluding hydrogens is 462 g/mol. The Morgan fingerprint density at radius 3 is 2.53 bits per heavy atom. The second-order valence-corrected chi connectivity index (χ2v) is 9.88. The molecule has 0 aromatic heterocycles. The highest BCUT2D eigenvalue weighted by atomic mass is 16.5. The van der Waals surface area contributed by atoms with Crippen molar-refractivity contribution in [1.82, 2.24) is 9.80 Å². The highest BCUT2D eigenvalue weighted by molar-refractivity contribution is 6.06. The van der Waals surface area contributed by atoms with Crippen LogP contribution in [0.3, 0.4) is 0 Å². The number of benzene rings is 1. The SMILES string of the molecule is CCCN1CC=C[C@@H]2O[C@]34C=CCN(c5ccc(OC)cc5)C(=O)C3N([C@H](C)CO)C(=O)[C@@H]4[C@@H]2C1=O. The van der Waals surface area contributed by atoms with Crippen molar-refractivity contribution in [1.29, 1.82) is 0 Å². The fraction of sp³-hybridized carbons (Fsp3) is 0.519. The fourth-order valence-electron chi connectivity index (χ4n) is 6.16. The summed E-state index contributed by atoms with van der Waals surface area (Å²) in [5.41, 5.74) is -0.643. The third-order valence-corrected chi connectivity index (χ3v) is 7.80. The van der Waals surface area contributed by atoms with Gasteiger partial charge in [-0.05, 0) is 37.6 Å². The number of aliphatic hydroxyl groups excluding tert-OH is 1. The Hall–Kier alpha value is -3.17. The van der Waals surface area contributed by atoms with Gasteiger partial charge in [-0.3, -0.25) is 14.4 Å². The summed E-state index contributed by atoms with van der Waals surface area (Å²) in [6.45, 7) is 4.75. The van der Waals surface area contributed by atoms with Gasteiger partial charge in [-0.2, -0.15) is 0 Å². The summed E-state index contributed by atoms with van der Waals surface area (Å²) in [6, 6.07) is 5.52. The Morgan fingerprint density at radius 1 is 1.11 bits per heavy atom. The molecular formula is C27H33N3O6. The summed E-state index contributed by atoms with van der Waals surface area (Å²) in [6.07, 6.45) is 7.62. The third kappa shape index (κ3) is 3.56. The van der Waals surface area contributed by atoms with E-state index < -0.39 is 35.6 Å². The number of carbonyl (C=O) groups excluding carboxylic acids is 3. The molecule has 1 unspecified atom stereocenters. The average Bonchev–Trinajstić information content (AvgIpc) is 3.21. The number of hydrogen-bond donors (Lipinski definition) is 1. The van der Waals surface area contributed by atoms with Gasteiger partial charge in [0.1, 0.15) is 17.4 Å². The monoisotopic (exact) mass is 495 g/mol. The first-order valence-corrected chi connectivity index (χ1v) is 12.6. The lowest BCUT2D eigenvalue weighted by Gasteiger charge is -2.37. The number of anilines is 1. The Morgan fingerprint density at radius 2 is 1.86 bits per heavy atom. The van der Waals surface area contributed by atoms with Crippen LogP contribution >= 0.6 is 0 Å². The maximum atomic E-state index is 14.2. The van der Waals surface area contributed by atoms with Gasteiger partial charge in [-0.25, -0.2) is 0 Å². The van der Waals surface area contributed by atoms with Crippen molar-refractivity contribution in [3.63, 3.8) is 0 Å². The van der Waals surface area contributed by atoms with E-state index in [2.05, 4.69) is 0 Å². The molecule has 4 aliphatic rings. The highest BCUT2D eigenvalue weighted by Crippen LogP contribution is 2.54. The van der Waals surface area contributed by atoms with Gasteiger partial charge in [0.05, 0.1) is 37.7 Å². The van der Waals surface area contributed by atoms with E-state index in [4.69, 9.17) is 9.47 Å². The second-order valence-electron chi connectivity index (χ2n) is 9.88. The van der Waals surface area contributed by atoms with Crippen LogP contribution in [-0.2, 0) is 19.1 Å². The van der Waals surface area contributed by atoms with Crippen LogP contribution in [0.15, 0.2) is 48.6 Å². The van der Waals surface area contributed by atoms with E-state index in [9.17, 15) is 19.5 Å². The van der Waals surface area contributed by atoms with Gasteiger partial charge in [0.25, 0.3) is 5.91 Å². The van der Waals surface area contributed by atoms with Crippen molar-refractivity contribution in [2.45, 2.75) is 44.1 Å². The van der Waals surface area contributed by atoms with Gasteiger partial charge < -0.3 is 29.3 Å². The largest absolute Gasteiger partial charge is 0.497 e. The summed E-state index contributed by atoms with van der Waals surface area (Å²) in [5.74, 6) is -1.68. The second kappa shape index (κ2) is 9.37. The Balaban J connectivity index is 1.60. The van der Waals surface area contributed by atoms with Gasteiger partial charge >= 0.3 is 0 Å². The Kier molecular flexibility index (Phi) is 6.38. The van der Waals surface area contributed by atoms with Gasteiger partial charge in [-0.1, -0.05) is 31.2 Å². The Bertz CT molecular complexity index is 1100. The Labute approximate surface area is 210 Å². The number of ether oxygens (including phenoxy) is 2. The maximum Gasteiger partial charge on any atom is 0.253 e. The summed E-state index contributed by atoms with van der Waals surface area (Å²) in [7, 11) is 1.58. The lowest BCUT2D eigenvalue weighted by Crippen LogP contribution is -2.57. The number of methoxy groups -OCH3 is 1. The lowest BCUT2D eigenvalue weighted by molar-refractivity contribution is -0.146. The molecule has 4 heterocycles. The first-order chi connectivity index (χ1) is 17.4. The normalized spacial score (nSPS) is 32.2. The van der Waals surface area contributed by atoms with Crippen LogP contribution in [0.2, 0.25) is 0 Å². The molecule has 5 rings (SSSR count). The third-order valence-electron chi connectivity index (χ3n) is 7.80. The zero-order chi connectivity index (χ0) is 25.6. The van der Waals surface area contributed by atoms with E-state index in [1.165, 1.54) is 4.90 Å². The number of hydrogen-bond acceptors (Lipinski definition) is 6. The molecule has 36 heavy (non-hydrogen) atoms. The standard InChI is InChI=1S/C27H33N3O6/c1-4-13-28-14-5-7-20-21(24(28)32)22-25(33)30(17(2)16-31)23-26(34)29(15-6-12-27(22,23)36-20)18-8-10-19(35-3)11-9-18/h5-12,17,20-23,31H,4,13-16H2,1-3H3/t17-,20+,21-,22+,23?,27+/m1/s1. The van der Waals surface area contributed by atoms with E-state index in [-0.39, 0.29) is 30.9 Å². The number of amides is 3. The predicted octanol–water partition coefficient (Wildman–Crippen LogP) is 1.37. The zero-order valence-corrected chi connectivity index (χ0v) is 20.9. The van der Waals surface area contributed by atoms with Crippen molar-refractivity contribution in [3.8, 4) is 5.75 Å². The predicted molar refractivity (Wildman–Crippen MR) is 132 cm³/mol. The van der Waals surface area contributed by atoms with E-state index in [1.807, 2.05) is 31.2 Å². The molecule has 1 aromatic rings. The molecule has 192 valence electrons. The molecule has 0 radical (unpaired) electrons. The van der Waals surface area contributed by atoms with E-state index in [0.29, 0.717) is 24.5 Å². The average molecular weight is 496 g/mol. The van der Waals surface area contributed by atoms with Gasteiger partial charge in [0.2, 0.25) is 11.8 Å². The van der Waals surface area contributed by atoms with E-state index in [1.54, 1.807) is 48.1 Å². The van der Waals surface area contributed by atoms with Crippen molar-refractivity contribution >= 4 is 23.4 Å². The minimum atomic E-state index is -1.30. The first-order valence-electron chi connectivity index (χ1n) is 12.6. The smallest absolute Gasteiger partial charge is 0.253 e. The van der Waals surface area contributed by atoms with Gasteiger partial charge in [0, 0.05) is 25.3 Å². The summed E-state index contributed by atoms with van der Waals surface area (Å²) in [5, 5.41) is 10.0. The lowest BCUT2D eigenvalue weighted by atomic mass is 9.77. The van der Waals surface area contributed by atoms with Crippen LogP contribution in [0.25, 0.3) is 0 Å². The van der Waals surface area contributed by atoms with E-state index in [0.717, 1.165) is 6.42 Å². The van der Waals surface area contributed by atoms with Crippen LogP contribution in [0.5, 0.6) is 5.75 Å². The molecule has 3 amide bonds. The molecule has 2 fully saturated rings. The zero-order valence-electron chi connectivity index (χ0n) is 20.9. The number of nitrogens with zero attached hydrogens (tertiary/aromatic N) is 3. The van der Waals surface area contributed by atoms with Crippen LogP contribution in [0.1, 0.15) is 20.3 Å². The maximum absolute atomic E-state index is 14.2. The number of fused-ring (bicyclic) bond motifs is 2. The quantitative estimate of drug-likeness (QED) is 0.599. The molecule has 2 saturated heterocycles. The van der Waals surface area contributed by atoms with Crippen molar-refractivity contribution in [2.24, 2.45) is 11.8 Å². The number of aliphatic hydroxyl groups is 1. The van der Waals surface area contributed by atoms with Crippen molar-refractivity contribution in [3.05, 3.63) is 48.6 Å². The minimum Gasteiger partial charge on any atom is -0.497 e. The highest BCUT2D eigenvalue weighted by Gasteiger charge is 2.72. The summed E-state index contributed by atoms with van der Waals surface area (Å²) in [4.78, 5) is 46.7. The molecule has 0 bridgehead atoms. The number of rotatable bonds is 6. The molecule has 1 N–H and O–H groups in total. The van der Waals surface area contributed by atoms with Crippen LogP contribution in [0.4, 0.5) is 5.69 Å². The molecule has 4 aliphatic heterocycles. The number of likely N-dealkylation sites (tertiary alicyclic amines) is 1. The summed E-state index contributed by atoms with van der Waals surface area (Å²) < 4.78 is 11.8. The van der Waals surface area contributed by atoms with Crippen LogP contribution in [-0.4, -0.2) is 89.8 Å². The molecule has 0 saturated carbocycles. The molecule has 1 spiro atoms.